The van der Waals surface area contributed by atoms with E-state index in [-0.39, 0.29) is 55.6 Å². The van der Waals surface area contributed by atoms with Gasteiger partial charge in [0.15, 0.2) is 13.2 Å². The van der Waals surface area contributed by atoms with E-state index in [0.717, 1.165) is 25.9 Å². The van der Waals surface area contributed by atoms with E-state index in [9.17, 15) is 24.0 Å². The molecule has 0 bridgehead atoms. The van der Waals surface area contributed by atoms with Gasteiger partial charge in [0.1, 0.15) is 28.6 Å². The summed E-state index contributed by atoms with van der Waals surface area (Å²) in [6.45, 7) is 9.81. The maximum absolute atomic E-state index is 12.7. The Labute approximate surface area is 322 Å². The first-order chi connectivity index (χ1) is 25.2. The Bertz CT molecular complexity index is 1560. The number of hydrogen-bond acceptors (Lipinski definition) is 12. The van der Waals surface area contributed by atoms with Gasteiger partial charge in [-0.3, -0.25) is 14.4 Å². The Kier molecular flexibility index (Phi) is 18.7. The topological polar surface area (TPSA) is 206 Å². The lowest BCUT2D eigenvalue weighted by molar-refractivity contribution is -0.145. The Hall–Kier alpha value is -4.96. The van der Waals surface area contributed by atoms with Crippen molar-refractivity contribution in [3.05, 3.63) is 47.5 Å². The van der Waals surface area contributed by atoms with E-state index in [2.05, 4.69) is 16.0 Å². The summed E-state index contributed by atoms with van der Waals surface area (Å²) in [4.78, 5) is 61.2. The highest BCUT2D eigenvalue weighted by atomic mass is 35.5. The summed E-state index contributed by atoms with van der Waals surface area (Å²) < 4.78 is 31.3. The molecule has 300 valence electrons. The minimum absolute atomic E-state index is 0. The van der Waals surface area contributed by atoms with E-state index >= 15 is 0 Å². The van der Waals surface area contributed by atoms with Crippen molar-refractivity contribution in [2.45, 2.75) is 71.1 Å². The number of halogens is 1. The highest BCUT2D eigenvalue weighted by Gasteiger charge is 2.28. The zero-order chi connectivity index (χ0) is 39.0. The van der Waals surface area contributed by atoms with Crippen molar-refractivity contribution < 1.29 is 52.4 Å². The predicted molar refractivity (Wildman–Crippen MR) is 202 cm³/mol. The zero-order valence-electron chi connectivity index (χ0n) is 31.8. The van der Waals surface area contributed by atoms with E-state index in [1.165, 1.54) is 20.3 Å². The number of methoxy groups -OCH3 is 2. The molecule has 16 nitrogen and oxygen atoms in total. The Morgan fingerprint density at radius 1 is 0.759 bits per heavy atom. The SMILES string of the molecule is CCOC(=O)COc1cc(OC)cc(C(=O)NC2CCNCC2)c1.COc1cc(OCC(N)=O)cc(C(=O)NC2CCN(C(=O)OC(C)(C)C)CC2)c1.Cl. The molecule has 54 heavy (non-hydrogen) atoms. The molecule has 4 amide bonds. The van der Waals surface area contributed by atoms with E-state index in [4.69, 9.17) is 34.2 Å². The van der Waals surface area contributed by atoms with Gasteiger partial charge < -0.3 is 55.0 Å². The van der Waals surface area contributed by atoms with Crippen LogP contribution in [0.5, 0.6) is 23.0 Å². The lowest BCUT2D eigenvalue weighted by Gasteiger charge is -2.33. The fraction of sp³-hybridized carbons (Fsp3) is 0.541. The number of likely N-dealkylation sites (tertiary alicyclic amines) is 1. The molecule has 0 atom stereocenters. The number of primary amides is 1. The summed E-state index contributed by atoms with van der Waals surface area (Å²) in [5.74, 6) is 0.0801. The summed E-state index contributed by atoms with van der Waals surface area (Å²) in [5.41, 5.74) is 5.33. The molecule has 5 N–H and O–H groups in total. The average molecular weight is 780 g/mol. The summed E-state index contributed by atoms with van der Waals surface area (Å²) in [7, 11) is 2.99. The minimum Gasteiger partial charge on any atom is -0.497 e. The number of hydrogen-bond donors (Lipinski definition) is 4. The second kappa shape index (κ2) is 22.3. The Morgan fingerprint density at radius 3 is 1.67 bits per heavy atom. The number of benzene rings is 2. The van der Waals surface area contributed by atoms with Gasteiger partial charge in [-0.2, -0.15) is 0 Å². The fourth-order valence-corrected chi connectivity index (χ4v) is 5.34. The number of carbonyl (C=O) groups excluding carboxylic acids is 5. The van der Waals surface area contributed by atoms with Crippen LogP contribution in [0.25, 0.3) is 0 Å². The average Bonchev–Trinajstić information content (AvgIpc) is 3.13. The third kappa shape index (κ3) is 16.0. The summed E-state index contributed by atoms with van der Waals surface area (Å²) >= 11 is 0. The van der Waals surface area contributed by atoms with Gasteiger partial charge in [0.05, 0.1) is 20.8 Å². The predicted octanol–water partition coefficient (Wildman–Crippen LogP) is 3.23. The molecule has 17 heteroatoms. The number of carbonyl (C=O) groups is 5. The first-order valence-electron chi connectivity index (χ1n) is 17.6. The molecule has 0 unspecified atom stereocenters. The second-order valence-corrected chi connectivity index (χ2v) is 13.4. The number of amides is 4. The van der Waals surface area contributed by atoms with Crippen LogP contribution in [0.3, 0.4) is 0 Å². The minimum atomic E-state index is -0.615. The van der Waals surface area contributed by atoms with Crippen LogP contribution in [-0.4, -0.2) is 113 Å². The maximum atomic E-state index is 12.7. The zero-order valence-corrected chi connectivity index (χ0v) is 32.6. The molecule has 0 saturated carbocycles. The van der Waals surface area contributed by atoms with Crippen LogP contribution < -0.4 is 40.6 Å². The van der Waals surface area contributed by atoms with Gasteiger partial charge in [0, 0.05) is 48.4 Å². The molecule has 2 aliphatic heterocycles. The molecular formula is C37H54ClN5O11. The molecule has 0 aliphatic carbocycles. The molecule has 2 aromatic rings. The first kappa shape index (κ1) is 45.2. The first-order valence-corrected chi connectivity index (χ1v) is 17.6. The fourth-order valence-electron chi connectivity index (χ4n) is 5.34. The van der Waals surface area contributed by atoms with Gasteiger partial charge >= 0.3 is 12.1 Å². The van der Waals surface area contributed by atoms with Crippen molar-refractivity contribution in [3.8, 4) is 23.0 Å². The quantitative estimate of drug-likeness (QED) is 0.216. The van der Waals surface area contributed by atoms with Gasteiger partial charge in [-0.05, 0) is 90.7 Å². The van der Waals surface area contributed by atoms with Gasteiger partial charge in [0.2, 0.25) is 0 Å². The molecule has 4 rings (SSSR count). The molecule has 2 saturated heterocycles. The van der Waals surface area contributed by atoms with Crippen molar-refractivity contribution in [1.82, 2.24) is 20.9 Å². The number of nitrogens with one attached hydrogen (secondary N) is 3. The number of ether oxygens (including phenoxy) is 6. The molecule has 0 radical (unpaired) electrons. The molecule has 2 heterocycles. The third-order valence-corrected chi connectivity index (χ3v) is 7.96. The van der Waals surface area contributed by atoms with Gasteiger partial charge in [-0.1, -0.05) is 0 Å². The summed E-state index contributed by atoms with van der Waals surface area (Å²) in [6, 6.07) is 9.64. The van der Waals surface area contributed by atoms with Crippen LogP contribution in [0.4, 0.5) is 4.79 Å². The lowest BCUT2D eigenvalue weighted by Crippen LogP contribution is -2.47. The van der Waals surface area contributed by atoms with Crippen molar-refractivity contribution in [2.75, 3.05) is 60.2 Å². The smallest absolute Gasteiger partial charge is 0.410 e. The molecule has 2 fully saturated rings. The van der Waals surface area contributed by atoms with Crippen molar-refractivity contribution in [1.29, 1.82) is 0 Å². The van der Waals surface area contributed by atoms with E-state index in [0.29, 0.717) is 66.7 Å². The molecule has 0 spiro atoms. The van der Waals surface area contributed by atoms with Crippen molar-refractivity contribution >= 4 is 42.2 Å². The molecular weight excluding hydrogens is 726 g/mol. The van der Waals surface area contributed by atoms with Crippen molar-refractivity contribution in [3.63, 3.8) is 0 Å². The van der Waals surface area contributed by atoms with E-state index in [1.807, 2.05) is 20.8 Å². The lowest BCUT2D eigenvalue weighted by atomic mass is 10.0. The number of rotatable bonds is 13. The van der Waals surface area contributed by atoms with Gasteiger partial charge in [0.25, 0.3) is 17.7 Å². The molecule has 0 aromatic heterocycles. The Balaban J connectivity index is 0.000000373. The van der Waals surface area contributed by atoms with Gasteiger partial charge in [-0.15, -0.1) is 12.4 Å². The summed E-state index contributed by atoms with van der Waals surface area (Å²) in [6.07, 6.45) is 2.72. The number of esters is 1. The number of nitrogens with zero attached hydrogens (tertiary/aromatic N) is 1. The van der Waals surface area contributed by atoms with Crippen LogP contribution >= 0.6 is 12.4 Å². The normalized spacial score (nSPS) is 14.5. The van der Waals surface area contributed by atoms with Crippen LogP contribution in [0, 0.1) is 0 Å². The monoisotopic (exact) mass is 779 g/mol. The van der Waals surface area contributed by atoms with Crippen LogP contribution in [-0.2, 0) is 19.1 Å². The van der Waals surface area contributed by atoms with Crippen LogP contribution in [0.15, 0.2) is 36.4 Å². The number of nitrogens with two attached hydrogens (primary N) is 1. The highest BCUT2D eigenvalue weighted by Crippen LogP contribution is 2.25. The van der Waals surface area contributed by atoms with Crippen molar-refractivity contribution in [2.24, 2.45) is 5.73 Å². The highest BCUT2D eigenvalue weighted by molar-refractivity contribution is 5.96. The van der Waals surface area contributed by atoms with E-state index < -0.39 is 17.5 Å². The second-order valence-electron chi connectivity index (χ2n) is 13.4. The standard InChI is InChI=1S/C20H29N3O6.C17H24N2O5.ClH/c1-20(2,3)29-19(26)23-7-5-14(6-8-23)22-18(25)13-9-15(27-4)11-16(10-13)28-12-17(21)24;1-3-23-16(20)11-24-15-9-12(8-14(10-15)22-2)17(21)19-13-4-6-18-7-5-13;/h9-11,14H,5-8,12H2,1-4H3,(H2,21,24)(H,22,25);8-10,13,18H,3-7,11H2,1-2H3,(H,19,21);1H. The maximum Gasteiger partial charge on any atom is 0.410 e. The third-order valence-electron chi connectivity index (χ3n) is 7.96. The molecule has 2 aliphatic rings. The van der Waals surface area contributed by atoms with Crippen LogP contribution in [0.1, 0.15) is 74.1 Å². The Morgan fingerprint density at radius 2 is 1.22 bits per heavy atom. The number of piperidine rings is 2. The molecule has 2 aromatic carbocycles. The largest absolute Gasteiger partial charge is 0.497 e. The van der Waals surface area contributed by atoms with Crippen LogP contribution in [0.2, 0.25) is 0 Å². The van der Waals surface area contributed by atoms with E-state index in [1.54, 1.807) is 42.2 Å². The summed E-state index contributed by atoms with van der Waals surface area (Å²) in [5, 5.41) is 9.24. The van der Waals surface area contributed by atoms with Gasteiger partial charge in [-0.25, -0.2) is 9.59 Å².